The van der Waals surface area contributed by atoms with Crippen molar-refractivity contribution < 1.29 is 26.4 Å². The van der Waals surface area contributed by atoms with E-state index in [1.54, 1.807) is 0 Å². The average Bonchev–Trinajstić information content (AvgIpc) is 2.50. The molecule has 0 radical (unpaired) electrons. The second-order valence-electron chi connectivity index (χ2n) is 5.32. The minimum Gasteiger partial charge on any atom is -0.323 e. The number of pyridine rings is 1. The van der Waals surface area contributed by atoms with Crippen molar-refractivity contribution in [2.24, 2.45) is 0 Å². The number of rotatable bonds is 4. The molecule has 0 saturated heterocycles. The number of benzene rings is 1. The molecule has 1 N–H and O–H groups in total. The lowest BCUT2D eigenvalue weighted by Gasteiger charge is -2.13. The van der Waals surface area contributed by atoms with Crippen LogP contribution in [-0.4, -0.2) is 25.1 Å². The quantitative estimate of drug-likeness (QED) is 0.842. The van der Waals surface area contributed by atoms with Gasteiger partial charge in [-0.05, 0) is 18.2 Å². The molecule has 6 nitrogen and oxygen atoms in total. The van der Waals surface area contributed by atoms with Gasteiger partial charge in [-0.3, -0.25) is 9.59 Å². The first-order valence-corrected chi connectivity index (χ1v) is 9.22. The lowest BCUT2D eigenvalue weighted by atomic mass is 10.2. The molecule has 0 atom stereocenters. The van der Waals surface area contributed by atoms with E-state index < -0.39 is 44.6 Å². The molecule has 1 aromatic carbocycles. The van der Waals surface area contributed by atoms with Gasteiger partial charge in [0, 0.05) is 12.5 Å². The van der Waals surface area contributed by atoms with Gasteiger partial charge in [0.05, 0.1) is 16.1 Å². The van der Waals surface area contributed by atoms with Crippen LogP contribution in [0.15, 0.2) is 46.2 Å². The smallest absolute Gasteiger partial charge is 0.323 e. The first-order chi connectivity index (χ1) is 11.9. The molecule has 0 aliphatic heterocycles. The number of anilines is 1. The largest absolute Gasteiger partial charge is 0.417 e. The van der Waals surface area contributed by atoms with Gasteiger partial charge in [0.2, 0.25) is 5.91 Å². The highest BCUT2D eigenvalue weighted by Crippen LogP contribution is 2.29. The molecular formula is C15H12ClF3N2O4S. The monoisotopic (exact) mass is 408 g/mol. The van der Waals surface area contributed by atoms with Crippen LogP contribution in [0.5, 0.6) is 0 Å². The molecule has 1 heterocycles. The van der Waals surface area contributed by atoms with Gasteiger partial charge in [0.15, 0.2) is 9.84 Å². The Morgan fingerprint density at radius 3 is 2.46 bits per heavy atom. The van der Waals surface area contributed by atoms with Crippen LogP contribution in [0.1, 0.15) is 5.56 Å². The number of halogens is 4. The number of carbonyl (C=O) groups is 1. The van der Waals surface area contributed by atoms with Crippen molar-refractivity contribution in [2.75, 3.05) is 11.6 Å². The van der Waals surface area contributed by atoms with Crippen molar-refractivity contribution in [3.63, 3.8) is 0 Å². The molecule has 26 heavy (non-hydrogen) atoms. The van der Waals surface area contributed by atoms with Gasteiger partial charge in [0.1, 0.15) is 11.6 Å². The topological polar surface area (TPSA) is 85.2 Å². The number of hydrogen-bond acceptors (Lipinski definition) is 4. The van der Waals surface area contributed by atoms with Gasteiger partial charge in [-0.15, -0.1) is 0 Å². The van der Waals surface area contributed by atoms with Gasteiger partial charge >= 0.3 is 6.18 Å². The summed E-state index contributed by atoms with van der Waals surface area (Å²) in [5.41, 5.74) is -2.22. The minimum absolute atomic E-state index is 0.0499. The maximum atomic E-state index is 12.8. The van der Waals surface area contributed by atoms with E-state index in [1.165, 1.54) is 24.3 Å². The summed E-state index contributed by atoms with van der Waals surface area (Å²) in [5, 5.41) is 1.58. The van der Waals surface area contributed by atoms with Crippen LogP contribution in [0.2, 0.25) is 5.02 Å². The third kappa shape index (κ3) is 4.64. The summed E-state index contributed by atoms with van der Waals surface area (Å²) in [6, 6.07) is 5.96. The zero-order chi connectivity index (χ0) is 19.7. The van der Waals surface area contributed by atoms with Crippen LogP contribution in [0.25, 0.3) is 0 Å². The van der Waals surface area contributed by atoms with E-state index in [4.69, 9.17) is 11.6 Å². The fraction of sp³-hybridized carbons (Fsp3) is 0.200. The van der Waals surface area contributed by atoms with Crippen molar-refractivity contribution in [3.8, 4) is 0 Å². The SMILES string of the molecule is CS(=O)(=O)c1ccccc1NC(=O)Cn1cc(C(F)(F)F)cc(Cl)c1=O. The average molecular weight is 409 g/mol. The number of nitrogens with zero attached hydrogens (tertiary/aromatic N) is 1. The highest BCUT2D eigenvalue weighted by atomic mass is 35.5. The Bertz CT molecular complexity index is 1020. The summed E-state index contributed by atoms with van der Waals surface area (Å²) in [6.45, 7) is -0.777. The molecule has 0 unspecified atom stereocenters. The lowest BCUT2D eigenvalue weighted by Crippen LogP contribution is -2.29. The van der Waals surface area contributed by atoms with Crippen molar-refractivity contribution in [2.45, 2.75) is 17.6 Å². The predicted octanol–water partition coefficient (Wildman–Crippen LogP) is 2.56. The number of amides is 1. The molecule has 0 spiro atoms. The molecule has 140 valence electrons. The maximum absolute atomic E-state index is 12.8. The molecule has 0 bridgehead atoms. The van der Waals surface area contributed by atoms with E-state index in [0.29, 0.717) is 16.8 Å². The Labute approximate surface area is 151 Å². The van der Waals surface area contributed by atoms with E-state index in [0.717, 1.165) is 6.26 Å². The fourth-order valence-corrected chi connectivity index (χ4v) is 3.18. The summed E-state index contributed by atoms with van der Waals surface area (Å²) in [4.78, 5) is 23.8. The Morgan fingerprint density at radius 1 is 1.27 bits per heavy atom. The standard InChI is InChI=1S/C15H12ClF3N2O4S/c1-26(24,25)12-5-3-2-4-11(12)20-13(22)8-21-7-9(15(17,18)19)6-10(16)14(21)23/h2-7H,8H2,1H3,(H,20,22). The van der Waals surface area contributed by atoms with E-state index >= 15 is 0 Å². The minimum atomic E-state index is -4.75. The first-order valence-electron chi connectivity index (χ1n) is 6.95. The molecule has 1 aromatic heterocycles. The zero-order valence-electron chi connectivity index (χ0n) is 13.2. The van der Waals surface area contributed by atoms with E-state index in [9.17, 15) is 31.2 Å². The number of nitrogens with one attached hydrogen (secondary N) is 1. The van der Waals surface area contributed by atoms with E-state index in [2.05, 4.69) is 5.32 Å². The van der Waals surface area contributed by atoms with Crippen molar-refractivity contribution in [1.82, 2.24) is 4.57 Å². The second-order valence-corrected chi connectivity index (χ2v) is 7.72. The number of alkyl halides is 3. The number of aromatic nitrogens is 1. The molecule has 0 aliphatic carbocycles. The van der Waals surface area contributed by atoms with Crippen LogP contribution in [0.3, 0.4) is 0 Å². The number of para-hydroxylation sites is 1. The molecule has 0 saturated carbocycles. The van der Waals surface area contributed by atoms with E-state index in [-0.39, 0.29) is 10.6 Å². The van der Waals surface area contributed by atoms with Crippen molar-refractivity contribution in [3.05, 3.63) is 57.5 Å². The van der Waals surface area contributed by atoms with Gasteiger partial charge in [0.25, 0.3) is 5.56 Å². The summed E-state index contributed by atoms with van der Waals surface area (Å²) in [5.74, 6) is -0.890. The van der Waals surface area contributed by atoms with Crippen LogP contribution in [-0.2, 0) is 27.4 Å². The molecule has 1 amide bonds. The zero-order valence-corrected chi connectivity index (χ0v) is 14.7. The molecule has 2 aromatic rings. The van der Waals surface area contributed by atoms with Crippen LogP contribution < -0.4 is 10.9 Å². The van der Waals surface area contributed by atoms with Crippen LogP contribution in [0, 0.1) is 0 Å². The van der Waals surface area contributed by atoms with Gasteiger partial charge < -0.3 is 9.88 Å². The summed E-state index contributed by atoms with van der Waals surface area (Å²) < 4.78 is 62.3. The number of sulfone groups is 1. The normalized spacial score (nSPS) is 12.0. The molecule has 0 fully saturated rings. The third-order valence-corrected chi connectivity index (χ3v) is 4.67. The molecule has 2 rings (SSSR count). The first kappa shape index (κ1) is 20.0. The van der Waals surface area contributed by atoms with Crippen LogP contribution >= 0.6 is 11.6 Å². The second kappa shape index (κ2) is 7.12. The third-order valence-electron chi connectivity index (χ3n) is 3.24. The number of carbonyl (C=O) groups excluding carboxylic acids is 1. The molecular weight excluding hydrogens is 397 g/mol. The Balaban J connectivity index is 2.33. The van der Waals surface area contributed by atoms with Crippen LogP contribution in [0.4, 0.5) is 18.9 Å². The number of hydrogen-bond donors (Lipinski definition) is 1. The van der Waals surface area contributed by atoms with E-state index in [1.807, 2.05) is 0 Å². The van der Waals surface area contributed by atoms with Crippen molar-refractivity contribution >= 4 is 33.0 Å². The highest BCUT2D eigenvalue weighted by molar-refractivity contribution is 7.90. The summed E-state index contributed by atoms with van der Waals surface area (Å²) >= 11 is 5.51. The Morgan fingerprint density at radius 2 is 1.88 bits per heavy atom. The highest BCUT2D eigenvalue weighted by Gasteiger charge is 2.32. The maximum Gasteiger partial charge on any atom is 0.417 e. The fourth-order valence-electron chi connectivity index (χ4n) is 2.11. The van der Waals surface area contributed by atoms with Crippen molar-refractivity contribution in [1.29, 1.82) is 0 Å². The molecule has 0 aliphatic rings. The van der Waals surface area contributed by atoms with Gasteiger partial charge in [-0.25, -0.2) is 8.42 Å². The molecule has 11 heteroatoms. The predicted molar refractivity (Wildman–Crippen MR) is 88.9 cm³/mol. The lowest BCUT2D eigenvalue weighted by molar-refractivity contribution is -0.138. The Hall–Kier alpha value is -2.33. The summed E-state index contributed by atoms with van der Waals surface area (Å²) in [6.07, 6.45) is -3.34. The summed E-state index contributed by atoms with van der Waals surface area (Å²) in [7, 11) is -3.65. The van der Waals surface area contributed by atoms with Gasteiger partial charge in [-0.1, -0.05) is 23.7 Å². The van der Waals surface area contributed by atoms with Gasteiger partial charge in [-0.2, -0.15) is 13.2 Å². The Kier molecular flexibility index (Phi) is 5.47.